The molecule has 0 spiro atoms. The van der Waals surface area contributed by atoms with Gasteiger partial charge in [0.05, 0.1) is 28.6 Å². The Morgan fingerprint density at radius 1 is 0.481 bits per heavy atom. The molecule has 1 N–H and O–H groups in total. The molecule has 2 aliphatic rings. The number of benzene rings is 8. The molecule has 0 bridgehead atoms. The molecule has 8 aromatic carbocycles. The van der Waals surface area contributed by atoms with Crippen molar-refractivity contribution in [3.8, 4) is 39.2 Å². The molecule has 54 heavy (non-hydrogen) atoms. The molecule has 0 saturated carbocycles. The van der Waals surface area contributed by atoms with E-state index >= 15 is 0 Å². The zero-order chi connectivity index (χ0) is 35.6. The topological polar surface area (TPSA) is 20.2 Å². The van der Waals surface area contributed by atoms with E-state index in [1.54, 1.807) is 0 Å². The third kappa shape index (κ3) is 4.83. The maximum Gasteiger partial charge on any atom is 0.0702 e. The number of para-hydroxylation sites is 4. The summed E-state index contributed by atoms with van der Waals surface area (Å²) in [6.07, 6.45) is 4.53. The summed E-state index contributed by atoms with van der Waals surface area (Å²) < 4.78 is 2.48. The lowest BCUT2D eigenvalue weighted by Gasteiger charge is -2.30. The number of rotatable bonds is 4. The van der Waals surface area contributed by atoms with Gasteiger partial charge in [0, 0.05) is 39.1 Å². The first-order valence-electron chi connectivity index (χ1n) is 18.6. The highest BCUT2D eigenvalue weighted by Crippen LogP contribution is 2.55. The van der Waals surface area contributed by atoms with Crippen LogP contribution in [0.3, 0.4) is 0 Å². The van der Waals surface area contributed by atoms with Gasteiger partial charge in [-0.3, -0.25) is 0 Å². The highest BCUT2D eigenvalue weighted by Gasteiger charge is 2.32. The summed E-state index contributed by atoms with van der Waals surface area (Å²) in [5.41, 5.74) is 16.5. The first-order valence-corrected chi connectivity index (χ1v) is 18.6. The van der Waals surface area contributed by atoms with E-state index in [-0.39, 0.29) is 6.04 Å². The van der Waals surface area contributed by atoms with Crippen molar-refractivity contribution in [1.82, 2.24) is 4.57 Å². The molecule has 254 valence electrons. The van der Waals surface area contributed by atoms with Gasteiger partial charge < -0.3 is 14.8 Å². The predicted octanol–water partition coefficient (Wildman–Crippen LogP) is 13.7. The van der Waals surface area contributed by atoms with E-state index in [9.17, 15) is 0 Å². The molecular formula is C51H35N3. The Bertz CT molecular complexity index is 2930. The Balaban J connectivity index is 1.19. The van der Waals surface area contributed by atoms with Crippen molar-refractivity contribution in [1.29, 1.82) is 0 Å². The van der Waals surface area contributed by atoms with Crippen molar-refractivity contribution in [2.24, 2.45) is 0 Å². The lowest BCUT2D eigenvalue weighted by Crippen LogP contribution is -2.15. The molecule has 0 fully saturated rings. The van der Waals surface area contributed by atoms with Gasteiger partial charge in [-0.1, -0.05) is 146 Å². The number of anilines is 4. The fourth-order valence-corrected chi connectivity index (χ4v) is 8.63. The van der Waals surface area contributed by atoms with Crippen molar-refractivity contribution >= 4 is 50.5 Å². The lowest BCUT2D eigenvalue weighted by molar-refractivity contribution is 0.978. The molecule has 0 aliphatic carbocycles. The van der Waals surface area contributed by atoms with E-state index in [1.807, 2.05) is 0 Å². The van der Waals surface area contributed by atoms with E-state index in [0.29, 0.717) is 0 Å². The Morgan fingerprint density at radius 3 is 2.07 bits per heavy atom. The molecular weight excluding hydrogens is 655 g/mol. The van der Waals surface area contributed by atoms with Gasteiger partial charge in [0.15, 0.2) is 0 Å². The molecule has 3 nitrogen and oxygen atoms in total. The Labute approximate surface area is 314 Å². The number of nitrogens with one attached hydrogen (secondary N) is 1. The van der Waals surface area contributed by atoms with E-state index in [1.165, 1.54) is 66.3 Å². The standard InChI is InChI=1S/C51H35N3/c1-2-14-34(15-3-1)38-30-39(46-29-27-36-17-6-10-22-45(36)52-46)33-41(32-38)53-47-23-11-7-19-42(47)50-43-20-8-12-24-48(43)54(51(50)44-21-9-13-25-49(44)53)40-28-26-35-16-4-5-18-37(35)31-40/h1-33,46,52H. The average molecular weight is 690 g/mol. The van der Waals surface area contributed by atoms with E-state index < -0.39 is 0 Å². The zero-order valence-corrected chi connectivity index (χ0v) is 29.5. The van der Waals surface area contributed by atoms with Crippen molar-refractivity contribution in [2.75, 3.05) is 10.2 Å². The fraction of sp³-hybridized carbons (Fsp3) is 0.0196. The van der Waals surface area contributed by atoms with Gasteiger partial charge in [-0.2, -0.15) is 0 Å². The van der Waals surface area contributed by atoms with Crippen LogP contribution in [0.25, 0.3) is 66.9 Å². The van der Waals surface area contributed by atoms with Crippen LogP contribution in [-0.2, 0) is 0 Å². The highest BCUT2D eigenvalue weighted by atomic mass is 15.2. The molecule has 9 aromatic rings. The molecule has 11 rings (SSSR count). The quantitative estimate of drug-likeness (QED) is 0.198. The van der Waals surface area contributed by atoms with Crippen molar-refractivity contribution in [2.45, 2.75) is 6.04 Å². The maximum atomic E-state index is 3.83. The molecule has 3 heterocycles. The fourth-order valence-electron chi connectivity index (χ4n) is 8.63. The average Bonchev–Trinajstić information content (AvgIpc) is 3.52. The number of fused-ring (bicyclic) bond motifs is 9. The smallest absolute Gasteiger partial charge is 0.0702 e. The van der Waals surface area contributed by atoms with Gasteiger partial charge in [0.2, 0.25) is 0 Å². The van der Waals surface area contributed by atoms with Gasteiger partial charge in [0.1, 0.15) is 0 Å². The number of hydrogen-bond acceptors (Lipinski definition) is 2. The molecule has 1 unspecified atom stereocenters. The first kappa shape index (κ1) is 30.5. The van der Waals surface area contributed by atoms with Crippen LogP contribution in [0.1, 0.15) is 17.2 Å². The van der Waals surface area contributed by atoms with Crippen molar-refractivity contribution in [3.63, 3.8) is 0 Å². The van der Waals surface area contributed by atoms with Crippen LogP contribution < -0.4 is 10.2 Å². The summed E-state index contributed by atoms with van der Waals surface area (Å²) in [6.45, 7) is 0. The van der Waals surface area contributed by atoms with Crippen LogP contribution in [0.5, 0.6) is 0 Å². The van der Waals surface area contributed by atoms with Crippen LogP contribution >= 0.6 is 0 Å². The van der Waals surface area contributed by atoms with Crippen molar-refractivity contribution in [3.05, 3.63) is 205 Å². The summed E-state index contributed by atoms with van der Waals surface area (Å²) in [7, 11) is 0. The Morgan fingerprint density at radius 2 is 1.19 bits per heavy atom. The molecule has 1 atom stereocenters. The predicted molar refractivity (Wildman–Crippen MR) is 227 cm³/mol. The van der Waals surface area contributed by atoms with E-state index in [4.69, 9.17) is 0 Å². The molecule has 0 amide bonds. The highest BCUT2D eigenvalue weighted by molar-refractivity contribution is 6.13. The lowest BCUT2D eigenvalue weighted by atomic mass is 9.94. The van der Waals surface area contributed by atoms with Gasteiger partial charge in [-0.15, -0.1) is 0 Å². The second-order valence-corrected chi connectivity index (χ2v) is 14.2. The maximum absolute atomic E-state index is 3.83. The van der Waals surface area contributed by atoms with Crippen LogP contribution in [0.15, 0.2) is 194 Å². The van der Waals surface area contributed by atoms with Crippen LogP contribution in [-0.4, -0.2) is 4.57 Å². The molecule has 2 aliphatic heterocycles. The minimum absolute atomic E-state index is 0.0122. The van der Waals surface area contributed by atoms with E-state index in [0.717, 1.165) is 28.4 Å². The van der Waals surface area contributed by atoms with Crippen LogP contribution in [0.4, 0.5) is 22.7 Å². The number of nitrogens with zero attached hydrogens (tertiary/aromatic N) is 2. The van der Waals surface area contributed by atoms with E-state index in [2.05, 4.69) is 215 Å². The SMILES string of the molecule is C1=CC(c2cc(-c3ccccc3)cc(N3c4ccccc4-c4c(n(-c5ccc6ccccc6c5)c5ccccc45)-c4ccccc43)c2)Nc2ccccc21. The van der Waals surface area contributed by atoms with Gasteiger partial charge in [-0.25, -0.2) is 0 Å². The largest absolute Gasteiger partial charge is 0.374 e. The van der Waals surface area contributed by atoms with Crippen LogP contribution in [0, 0.1) is 0 Å². The molecule has 0 radical (unpaired) electrons. The monoisotopic (exact) mass is 689 g/mol. The Hall–Kier alpha value is -7.10. The van der Waals surface area contributed by atoms with Gasteiger partial charge in [0.25, 0.3) is 0 Å². The summed E-state index contributed by atoms with van der Waals surface area (Å²) >= 11 is 0. The molecule has 0 saturated heterocycles. The molecule has 3 heteroatoms. The minimum Gasteiger partial charge on any atom is -0.374 e. The zero-order valence-electron chi connectivity index (χ0n) is 29.5. The summed E-state index contributed by atoms with van der Waals surface area (Å²) in [6, 6.07) is 68.6. The van der Waals surface area contributed by atoms with Gasteiger partial charge in [-0.05, 0) is 87.6 Å². The summed E-state index contributed by atoms with van der Waals surface area (Å²) in [5.74, 6) is 0. The second kappa shape index (κ2) is 12.3. The van der Waals surface area contributed by atoms with Gasteiger partial charge >= 0.3 is 0 Å². The minimum atomic E-state index is 0.0122. The summed E-state index contributed by atoms with van der Waals surface area (Å²) in [5, 5.41) is 7.53. The number of hydrogen-bond donors (Lipinski definition) is 1. The third-order valence-electron chi connectivity index (χ3n) is 11.1. The summed E-state index contributed by atoms with van der Waals surface area (Å²) in [4.78, 5) is 2.49. The normalized spacial score (nSPS) is 14.1. The Kier molecular flexibility index (Phi) is 6.93. The third-order valence-corrected chi connectivity index (χ3v) is 11.1. The first-order chi connectivity index (χ1) is 26.8. The molecule has 1 aromatic heterocycles. The second-order valence-electron chi connectivity index (χ2n) is 14.2. The van der Waals surface area contributed by atoms with Crippen LogP contribution in [0.2, 0.25) is 0 Å². The van der Waals surface area contributed by atoms with Crippen molar-refractivity contribution < 1.29 is 0 Å². The number of aromatic nitrogens is 1.